The third-order valence-corrected chi connectivity index (χ3v) is 5.01. The van der Waals surface area contributed by atoms with Crippen molar-refractivity contribution in [1.29, 1.82) is 0 Å². The van der Waals surface area contributed by atoms with Crippen LogP contribution >= 0.6 is 0 Å². The fourth-order valence-electron chi connectivity index (χ4n) is 3.70. The van der Waals surface area contributed by atoms with E-state index >= 15 is 0 Å². The summed E-state index contributed by atoms with van der Waals surface area (Å²) in [5, 5.41) is 0. The summed E-state index contributed by atoms with van der Waals surface area (Å²) in [7, 11) is 2.11. The number of benzene rings is 1. The largest absolute Gasteiger partial charge is 0.490 e. The number of likely N-dealkylation sites (tertiary alicyclic amines) is 1. The molecule has 0 unspecified atom stereocenters. The van der Waals surface area contributed by atoms with Crippen LogP contribution in [0.5, 0.6) is 11.5 Å². The van der Waals surface area contributed by atoms with Gasteiger partial charge in [0.1, 0.15) is 0 Å². The van der Waals surface area contributed by atoms with Crippen molar-refractivity contribution in [3.05, 3.63) is 23.8 Å². The van der Waals surface area contributed by atoms with E-state index in [1.54, 1.807) is 0 Å². The molecule has 0 saturated carbocycles. The minimum atomic E-state index is 0.0463. The minimum Gasteiger partial charge on any atom is -0.490 e. The Morgan fingerprint density at radius 1 is 1.08 bits per heavy atom. The van der Waals surface area contributed by atoms with E-state index in [-0.39, 0.29) is 12.0 Å². The van der Waals surface area contributed by atoms with Crippen molar-refractivity contribution in [2.24, 2.45) is 5.92 Å². The lowest BCUT2D eigenvalue weighted by atomic mass is 10.1. The summed E-state index contributed by atoms with van der Waals surface area (Å²) in [6.45, 7) is 5.38. The first-order chi connectivity index (χ1) is 11.7. The van der Waals surface area contributed by atoms with Gasteiger partial charge in [-0.1, -0.05) is 0 Å². The normalized spacial score (nSPS) is 27.3. The maximum Gasteiger partial charge on any atom is 0.254 e. The molecular formula is C18H24N2O4. The average Bonchev–Trinajstić information content (AvgIpc) is 2.75. The van der Waals surface area contributed by atoms with Crippen LogP contribution in [0.25, 0.3) is 0 Å². The SMILES string of the molecule is CN1CCO[C@@H]2CN(C(=O)c3ccc4c(c3)OCCCO4)C[C@@H]2C1. The van der Waals surface area contributed by atoms with Gasteiger partial charge in [-0.2, -0.15) is 0 Å². The van der Waals surface area contributed by atoms with Crippen LogP contribution in [0.3, 0.4) is 0 Å². The van der Waals surface area contributed by atoms with Crippen LogP contribution in [0.1, 0.15) is 16.8 Å². The van der Waals surface area contributed by atoms with Crippen molar-refractivity contribution in [3.63, 3.8) is 0 Å². The van der Waals surface area contributed by atoms with Crippen molar-refractivity contribution >= 4 is 5.91 Å². The molecule has 1 aromatic carbocycles. The summed E-state index contributed by atoms with van der Waals surface area (Å²) in [4.78, 5) is 17.1. The molecule has 0 N–H and O–H groups in total. The van der Waals surface area contributed by atoms with Crippen molar-refractivity contribution in [3.8, 4) is 11.5 Å². The molecule has 24 heavy (non-hydrogen) atoms. The molecule has 2 saturated heterocycles. The Labute approximate surface area is 142 Å². The molecule has 2 fully saturated rings. The third-order valence-electron chi connectivity index (χ3n) is 5.01. The van der Waals surface area contributed by atoms with Gasteiger partial charge in [-0.15, -0.1) is 0 Å². The maximum atomic E-state index is 12.9. The van der Waals surface area contributed by atoms with Gasteiger partial charge in [0.15, 0.2) is 11.5 Å². The molecule has 0 aliphatic carbocycles. The summed E-state index contributed by atoms with van der Waals surface area (Å²) in [6.07, 6.45) is 1.01. The van der Waals surface area contributed by atoms with E-state index in [9.17, 15) is 4.79 Å². The van der Waals surface area contributed by atoms with Crippen LogP contribution in [0.15, 0.2) is 18.2 Å². The van der Waals surface area contributed by atoms with Crippen LogP contribution in [-0.4, -0.2) is 74.9 Å². The zero-order chi connectivity index (χ0) is 16.5. The van der Waals surface area contributed by atoms with Gasteiger partial charge in [-0.3, -0.25) is 4.79 Å². The zero-order valence-electron chi connectivity index (χ0n) is 14.1. The Kier molecular flexibility index (Phi) is 4.33. The standard InChI is InChI=1S/C18H24N2O4/c1-19-5-8-24-17-12-20(11-14(17)10-19)18(21)13-3-4-15-16(9-13)23-7-2-6-22-15/h3-4,9,14,17H,2,5-8,10-12H2,1H3/t14-,17+/m0/s1. The van der Waals surface area contributed by atoms with Gasteiger partial charge in [-0.05, 0) is 25.2 Å². The summed E-state index contributed by atoms with van der Waals surface area (Å²) < 4.78 is 17.3. The predicted octanol–water partition coefficient (Wildman–Crippen LogP) is 1.25. The van der Waals surface area contributed by atoms with Crippen molar-refractivity contribution in [1.82, 2.24) is 9.80 Å². The maximum absolute atomic E-state index is 12.9. The first kappa shape index (κ1) is 15.7. The molecule has 0 aromatic heterocycles. The Bertz CT molecular complexity index is 621. The second kappa shape index (κ2) is 6.61. The number of rotatable bonds is 1. The molecule has 0 radical (unpaired) electrons. The van der Waals surface area contributed by atoms with E-state index in [1.807, 2.05) is 23.1 Å². The smallest absolute Gasteiger partial charge is 0.254 e. The molecule has 6 heteroatoms. The molecule has 1 aromatic rings. The molecule has 0 spiro atoms. The Balaban J connectivity index is 1.49. The fraction of sp³-hybridized carbons (Fsp3) is 0.611. The highest BCUT2D eigenvalue weighted by molar-refractivity contribution is 5.95. The molecule has 2 atom stereocenters. The summed E-state index contributed by atoms with van der Waals surface area (Å²) in [5.74, 6) is 1.83. The van der Waals surface area contributed by atoms with Gasteiger partial charge in [0.25, 0.3) is 5.91 Å². The van der Waals surface area contributed by atoms with Crippen molar-refractivity contribution in [2.45, 2.75) is 12.5 Å². The first-order valence-electron chi connectivity index (χ1n) is 8.70. The van der Waals surface area contributed by atoms with Crippen molar-refractivity contribution < 1.29 is 19.0 Å². The molecule has 130 valence electrons. The zero-order valence-corrected chi connectivity index (χ0v) is 14.1. The molecule has 3 heterocycles. The summed E-state index contributed by atoms with van der Waals surface area (Å²) in [6, 6.07) is 5.48. The van der Waals surface area contributed by atoms with Crippen LogP contribution < -0.4 is 9.47 Å². The van der Waals surface area contributed by atoms with E-state index in [1.165, 1.54) is 0 Å². The van der Waals surface area contributed by atoms with E-state index in [2.05, 4.69) is 11.9 Å². The second-order valence-electron chi connectivity index (χ2n) is 6.85. The number of nitrogens with zero attached hydrogens (tertiary/aromatic N) is 2. The van der Waals surface area contributed by atoms with Gasteiger partial charge < -0.3 is 24.0 Å². The first-order valence-corrected chi connectivity index (χ1v) is 8.70. The van der Waals surface area contributed by atoms with Gasteiger partial charge >= 0.3 is 0 Å². The fourth-order valence-corrected chi connectivity index (χ4v) is 3.70. The van der Waals surface area contributed by atoms with Crippen LogP contribution in [0.4, 0.5) is 0 Å². The lowest BCUT2D eigenvalue weighted by molar-refractivity contribution is 0.0487. The third kappa shape index (κ3) is 3.08. The van der Waals surface area contributed by atoms with E-state index in [4.69, 9.17) is 14.2 Å². The number of hydrogen-bond donors (Lipinski definition) is 0. The number of likely N-dealkylation sites (N-methyl/N-ethyl adjacent to an activating group) is 1. The highest BCUT2D eigenvalue weighted by Crippen LogP contribution is 2.32. The minimum absolute atomic E-state index is 0.0463. The number of amides is 1. The quantitative estimate of drug-likeness (QED) is 0.775. The van der Waals surface area contributed by atoms with Gasteiger partial charge in [0, 0.05) is 44.1 Å². The number of carbonyl (C=O) groups is 1. The highest BCUT2D eigenvalue weighted by atomic mass is 16.5. The molecule has 3 aliphatic rings. The topological polar surface area (TPSA) is 51.2 Å². The van der Waals surface area contributed by atoms with Gasteiger partial charge in [0.2, 0.25) is 0 Å². The number of ether oxygens (including phenoxy) is 3. The molecule has 4 rings (SSSR count). The number of carbonyl (C=O) groups excluding carboxylic acids is 1. The number of hydrogen-bond acceptors (Lipinski definition) is 5. The Morgan fingerprint density at radius 2 is 1.92 bits per heavy atom. The van der Waals surface area contributed by atoms with Crippen molar-refractivity contribution in [2.75, 3.05) is 53.0 Å². The second-order valence-corrected chi connectivity index (χ2v) is 6.85. The average molecular weight is 332 g/mol. The summed E-state index contributed by atoms with van der Waals surface area (Å²) >= 11 is 0. The molecule has 0 bridgehead atoms. The Morgan fingerprint density at radius 3 is 2.79 bits per heavy atom. The lowest BCUT2D eigenvalue weighted by Gasteiger charge is -2.19. The Hall–Kier alpha value is -1.79. The highest BCUT2D eigenvalue weighted by Gasteiger charge is 2.38. The lowest BCUT2D eigenvalue weighted by Crippen LogP contribution is -2.32. The molecule has 1 amide bonds. The van der Waals surface area contributed by atoms with E-state index < -0.39 is 0 Å². The van der Waals surface area contributed by atoms with Crippen LogP contribution in [0, 0.1) is 5.92 Å². The monoisotopic (exact) mass is 332 g/mol. The van der Waals surface area contributed by atoms with Gasteiger partial charge in [0.05, 0.1) is 25.9 Å². The predicted molar refractivity (Wildman–Crippen MR) is 88.7 cm³/mol. The molecular weight excluding hydrogens is 308 g/mol. The van der Waals surface area contributed by atoms with Gasteiger partial charge in [-0.25, -0.2) is 0 Å². The molecule has 6 nitrogen and oxygen atoms in total. The van der Waals surface area contributed by atoms with E-state index in [0.29, 0.717) is 37.0 Å². The molecule has 3 aliphatic heterocycles. The van der Waals surface area contributed by atoms with Crippen LogP contribution in [-0.2, 0) is 4.74 Å². The van der Waals surface area contributed by atoms with Crippen LogP contribution in [0.2, 0.25) is 0 Å². The number of fused-ring (bicyclic) bond motifs is 2. The van der Waals surface area contributed by atoms with E-state index in [0.717, 1.165) is 38.4 Å². The summed E-state index contributed by atoms with van der Waals surface area (Å²) in [5.41, 5.74) is 0.657.